The van der Waals surface area contributed by atoms with Crippen molar-refractivity contribution in [2.45, 2.75) is 19.8 Å². The molecule has 0 radical (unpaired) electrons. The Hall–Kier alpha value is -3.09. The first kappa shape index (κ1) is 15.8. The Morgan fingerprint density at radius 1 is 1.29 bits per heavy atom. The van der Waals surface area contributed by atoms with Gasteiger partial charge in [-0.3, -0.25) is 15.1 Å². The van der Waals surface area contributed by atoms with Gasteiger partial charge in [-0.2, -0.15) is 0 Å². The number of aliphatic imine (C=N–C) groups is 1. The highest BCUT2D eigenvalue weighted by Crippen LogP contribution is 2.37. The Bertz CT molecular complexity index is 817. The van der Waals surface area contributed by atoms with Gasteiger partial charge in [0, 0.05) is 6.21 Å². The molecular formula is C17H16N2O5. The highest BCUT2D eigenvalue weighted by atomic mass is 16.7. The smallest absolute Gasteiger partial charge is 0.282 e. The first-order chi connectivity index (χ1) is 11.6. The summed E-state index contributed by atoms with van der Waals surface area (Å²) in [5.74, 6) is 0.798. The summed E-state index contributed by atoms with van der Waals surface area (Å²) in [6.45, 7) is 2.10. The molecule has 0 saturated heterocycles. The number of aryl methyl sites for hydroxylation is 1. The van der Waals surface area contributed by atoms with E-state index < -0.39 is 4.92 Å². The van der Waals surface area contributed by atoms with Crippen LogP contribution in [0.5, 0.6) is 17.2 Å². The van der Waals surface area contributed by atoms with Crippen molar-refractivity contribution in [3.8, 4) is 17.2 Å². The third-order valence-corrected chi connectivity index (χ3v) is 3.64. The number of aromatic hydroxyl groups is 1. The summed E-state index contributed by atoms with van der Waals surface area (Å²) in [7, 11) is 0. The molecule has 124 valence electrons. The van der Waals surface area contributed by atoms with Gasteiger partial charge in [-0.1, -0.05) is 19.4 Å². The highest BCUT2D eigenvalue weighted by Gasteiger charge is 2.22. The van der Waals surface area contributed by atoms with Crippen molar-refractivity contribution in [3.63, 3.8) is 0 Å². The molecule has 1 N–H and O–H groups in total. The standard InChI is InChI=1S/C17H16N2O5/c1-2-3-11-4-5-15(20)13(6-11)18-9-12-7-16-17(24-10-23-16)8-14(12)19(21)22/h4-9,20H,2-3,10H2,1H3. The normalized spacial score (nSPS) is 12.7. The number of nitro groups is 1. The average molecular weight is 328 g/mol. The molecule has 1 heterocycles. The molecule has 24 heavy (non-hydrogen) atoms. The van der Waals surface area contributed by atoms with Crippen molar-refractivity contribution in [1.82, 2.24) is 0 Å². The zero-order chi connectivity index (χ0) is 17.1. The minimum atomic E-state index is -0.503. The molecule has 0 atom stereocenters. The highest BCUT2D eigenvalue weighted by molar-refractivity contribution is 5.89. The van der Waals surface area contributed by atoms with Crippen LogP contribution in [0.3, 0.4) is 0 Å². The van der Waals surface area contributed by atoms with Crippen LogP contribution in [-0.4, -0.2) is 23.0 Å². The predicted octanol–water partition coefficient (Wildman–Crippen LogP) is 3.73. The number of hydrogen-bond acceptors (Lipinski definition) is 6. The van der Waals surface area contributed by atoms with Crippen LogP contribution in [0.2, 0.25) is 0 Å². The van der Waals surface area contributed by atoms with Crippen LogP contribution in [0.1, 0.15) is 24.5 Å². The lowest BCUT2D eigenvalue weighted by Crippen LogP contribution is -1.95. The molecule has 0 amide bonds. The number of rotatable bonds is 5. The average Bonchev–Trinajstić information content (AvgIpc) is 3.02. The maximum Gasteiger partial charge on any atom is 0.282 e. The van der Waals surface area contributed by atoms with Crippen LogP contribution in [0.4, 0.5) is 11.4 Å². The van der Waals surface area contributed by atoms with Crippen molar-refractivity contribution < 1.29 is 19.5 Å². The van der Waals surface area contributed by atoms with E-state index in [2.05, 4.69) is 11.9 Å². The van der Waals surface area contributed by atoms with Gasteiger partial charge in [-0.15, -0.1) is 0 Å². The number of nitrogens with zero attached hydrogens (tertiary/aromatic N) is 2. The van der Waals surface area contributed by atoms with E-state index in [1.54, 1.807) is 12.1 Å². The van der Waals surface area contributed by atoms with Gasteiger partial charge in [0.1, 0.15) is 11.4 Å². The molecule has 2 aromatic rings. The molecule has 0 fully saturated rings. The van der Waals surface area contributed by atoms with E-state index in [4.69, 9.17) is 9.47 Å². The molecule has 7 nitrogen and oxygen atoms in total. The molecule has 0 unspecified atom stereocenters. The van der Waals surface area contributed by atoms with Gasteiger partial charge in [0.05, 0.1) is 16.6 Å². The third kappa shape index (κ3) is 3.15. The fourth-order valence-corrected chi connectivity index (χ4v) is 2.46. The van der Waals surface area contributed by atoms with Crippen LogP contribution < -0.4 is 9.47 Å². The molecule has 0 saturated carbocycles. The van der Waals surface area contributed by atoms with Crippen molar-refractivity contribution in [1.29, 1.82) is 0 Å². The van der Waals surface area contributed by atoms with Gasteiger partial charge >= 0.3 is 0 Å². The lowest BCUT2D eigenvalue weighted by atomic mass is 10.1. The SMILES string of the molecule is CCCc1ccc(O)c(N=Cc2cc3c(cc2[N+](=O)[O-])OCO3)c1. The van der Waals surface area contributed by atoms with E-state index in [0.717, 1.165) is 18.4 Å². The second kappa shape index (κ2) is 6.57. The molecule has 2 aromatic carbocycles. The summed E-state index contributed by atoms with van der Waals surface area (Å²) in [6, 6.07) is 8.01. The number of phenolic OH excluding ortho intramolecular Hbond substituents is 1. The van der Waals surface area contributed by atoms with Gasteiger partial charge in [-0.05, 0) is 30.2 Å². The number of ether oxygens (including phenoxy) is 2. The van der Waals surface area contributed by atoms with Crippen molar-refractivity contribution in [2.24, 2.45) is 4.99 Å². The van der Waals surface area contributed by atoms with Gasteiger partial charge in [0.25, 0.3) is 5.69 Å². The number of benzene rings is 2. The molecule has 0 aromatic heterocycles. The van der Waals surface area contributed by atoms with Crippen molar-refractivity contribution >= 4 is 17.6 Å². The Labute approximate surface area is 138 Å². The predicted molar refractivity (Wildman–Crippen MR) is 88.6 cm³/mol. The van der Waals surface area contributed by atoms with Gasteiger partial charge < -0.3 is 14.6 Å². The minimum absolute atomic E-state index is 0.0227. The van der Waals surface area contributed by atoms with Crippen LogP contribution >= 0.6 is 0 Å². The summed E-state index contributed by atoms with van der Waals surface area (Å²) in [5, 5.41) is 21.2. The largest absolute Gasteiger partial charge is 0.506 e. The third-order valence-electron chi connectivity index (χ3n) is 3.64. The quantitative estimate of drug-likeness (QED) is 0.512. The Balaban J connectivity index is 1.97. The lowest BCUT2D eigenvalue weighted by Gasteiger charge is -2.04. The first-order valence-corrected chi connectivity index (χ1v) is 7.52. The Morgan fingerprint density at radius 2 is 2.04 bits per heavy atom. The van der Waals surface area contributed by atoms with E-state index in [1.165, 1.54) is 18.3 Å². The maximum absolute atomic E-state index is 11.2. The van der Waals surface area contributed by atoms with Crippen molar-refractivity contribution in [2.75, 3.05) is 6.79 Å². The zero-order valence-electron chi connectivity index (χ0n) is 13.1. The molecule has 3 rings (SSSR count). The molecule has 1 aliphatic rings. The molecule has 7 heteroatoms. The number of hydrogen-bond donors (Lipinski definition) is 1. The fourth-order valence-electron chi connectivity index (χ4n) is 2.46. The molecule has 0 spiro atoms. The summed E-state index contributed by atoms with van der Waals surface area (Å²) in [6.07, 6.45) is 3.19. The van der Waals surface area contributed by atoms with Crippen molar-refractivity contribution in [3.05, 3.63) is 51.6 Å². The van der Waals surface area contributed by atoms with Crippen LogP contribution in [0, 0.1) is 10.1 Å². The zero-order valence-corrected chi connectivity index (χ0v) is 13.1. The number of nitro benzene ring substituents is 1. The number of phenols is 1. The molecule has 0 bridgehead atoms. The van der Waals surface area contributed by atoms with Gasteiger partial charge in [0.15, 0.2) is 11.5 Å². The Kier molecular flexibility index (Phi) is 4.33. The van der Waals surface area contributed by atoms with Crippen LogP contribution in [0.15, 0.2) is 35.3 Å². The summed E-state index contributed by atoms with van der Waals surface area (Å²) in [5.41, 5.74) is 1.56. The van der Waals surface area contributed by atoms with E-state index in [-0.39, 0.29) is 23.8 Å². The summed E-state index contributed by atoms with van der Waals surface area (Å²) >= 11 is 0. The molecular weight excluding hydrogens is 312 g/mol. The topological polar surface area (TPSA) is 94.2 Å². The van der Waals surface area contributed by atoms with E-state index in [9.17, 15) is 15.2 Å². The first-order valence-electron chi connectivity index (χ1n) is 7.52. The minimum Gasteiger partial charge on any atom is -0.506 e. The summed E-state index contributed by atoms with van der Waals surface area (Å²) in [4.78, 5) is 14.9. The summed E-state index contributed by atoms with van der Waals surface area (Å²) < 4.78 is 10.4. The maximum atomic E-state index is 11.2. The van der Waals surface area contributed by atoms with E-state index in [1.807, 2.05) is 6.07 Å². The number of fused-ring (bicyclic) bond motifs is 1. The van der Waals surface area contributed by atoms with Gasteiger partial charge in [0.2, 0.25) is 6.79 Å². The van der Waals surface area contributed by atoms with Crippen LogP contribution in [0.25, 0.3) is 0 Å². The fraction of sp³-hybridized carbons (Fsp3) is 0.235. The monoisotopic (exact) mass is 328 g/mol. The Morgan fingerprint density at radius 3 is 2.75 bits per heavy atom. The molecule has 0 aliphatic carbocycles. The lowest BCUT2D eigenvalue weighted by molar-refractivity contribution is -0.385. The van der Waals surface area contributed by atoms with E-state index in [0.29, 0.717) is 17.2 Å². The molecule has 1 aliphatic heterocycles. The second-order valence-electron chi connectivity index (χ2n) is 5.35. The van der Waals surface area contributed by atoms with Gasteiger partial charge in [-0.25, -0.2) is 0 Å². The second-order valence-corrected chi connectivity index (χ2v) is 5.35. The van der Waals surface area contributed by atoms with Crippen LogP contribution in [-0.2, 0) is 6.42 Å². The van der Waals surface area contributed by atoms with E-state index >= 15 is 0 Å².